The lowest BCUT2D eigenvalue weighted by Gasteiger charge is -2.16. The zero-order valence-electron chi connectivity index (χ0n) is 9.08. The van der Waals surface area contributed by atoms with Crippen LogP contribution in [0.15, 0.2) is 11.6 Å². The Morgan fingerprint density at radius 3 is 2.86 bits per heavy atom. The van der Waals surface area contributed by atoms with Gasteiger partial charge in [0.1, 0.15) is 0 Å². The lowest BCUT2D eigenvalue weighted by atomic mass is 10.0. The highest BCUT2D eigenvalue weighted by Gasteiger charge is 2.49. The Morgan fingerprint density at radius 1 is 1.71 bits per heavy atom. The molecule has 78 valence electrons. The predicted octanol–water partition coefficient (Wildman–Crippen LogP) is 2.32. The van der Waals surface area contributed by atoms with Crippen LogP contribution < -0.4 is 5.32 Å². The molecular weight excluding hydrogens is 192 g/mol. The molecule has 2 unspecified atom stereocenters. The topological polar surface area (TPSA) is 24.9 Å². The number of nitrogens with zero attached hydrogens (tertiary/aromatic N) is 1. The number of hydrogen-bond donors (Lipinski definition) is 1. The van der Waals surface area contributed by atoms with Crippen molar-refractivity contribution in [2.75, 3.05) is 7.05 Å². The molecule has 14 heavy (non-hydrogen) atoms. The molecule has 2 atom stereocenters. The monoisotopic (exact) mass is 210 g/mol. The molecule has 1 saturated carbocycles. The highest BCUT2D eigenvalue weighted by molar-refractivity contribution is 7.09. The fourth-order valence-electron chi connectivity index (χ4n) is 2.18. The van der Waals surface area contributed by atoms with E-state index in [4.69, 9.17) is 0 Å². The van der Waals surface area contributed by atoms with E-state index < -0.39 is 0 Å². The van der Waals surface area contributed by atoms with Crippen molar-refractivity contribution >= 4 is 11.3 Å². The van der Waals surface area contributed by atoms with Gasteiger partial charge in [-0.3, -0.25) is 0 Å². The van der Waals surface area contributed by atoms with Crippen LogP contribution in [0.3, 0.4) is 0 Å². The third-order valence-corrected chi connectivity index (χ3v) is 4.13. The summed E-state index contributed by atoms with van der Waals surface area (Å²) in [5.41, 5.74) is 0.547. The highest BCUT2D eigenvalue weighted by Crippen LogP contribution is 2.53. The number of rotatable bonds is 4. The summed E-state index contributed by atoms with van der Waals surface area (Å²) < 4.78 is 0. The zero-order chi connectivity index (χ0) is 10.2. The molecular formula is C11H18N2S. The van der Waals surface area contributed by atoms with Crippen LogP contribution >= 0.6 is 11.3 Å². The van der Waals surface area contributed by atoms with Crippen molar-refractivity contribution < 1.29 is 0 Å². The Labute approximate surface area is 89.8 Å². The van der Waals surface area contributed by atoms with Gasteiger partial charge in [-0.1, -0.05) is 13.8 Å². The van der Waals surface area contributed by atoms with Crippen molar-refractivity contribution in [2.24, 2.45) is 11.3 Å². The summed E-state index contributed by atoms with van der Waals surface area (Å²) in [6.07, 6.45) is 4.33. The largest absolute Gasteiger partial charge is 0.316 e. The number of thiazole rings is 1. The first-order chi connectivity index (χ1) is 6.63. The van der Waals surface area contributed by atoms with Gasteiger partial charge in [0.25, 0.3) is 0 Å². The summed E-state index contributed by atoms with van der Waals surface area (Å²) in [7, 11) is 2.06. The van der Waals surface area contributed by atoms with E-state index >= 15 is 0 Å². The van der Waals surface area contributed by atoms with Gasteiger partial charge in [0.15, 0.2) is 0 Å². The minimum atomic E-state index is 0.547. The van der Waals surface area contributed by atoms with Gasteiger partial charge in [-0.15, -0.1) is 11.3 Å². The van der Waals surface area contributed by atoms with Crippen LogP contribution in [0, 0.1) is 11.3 Å². The molecule has 0 aromatic carbocycles. The van der Waals surface area contributed by atoms with Crippen LogP contribution in [-0.2, 0) is 6.42 Å². The first-order valence-corrected chi connectivity index (χ1v) is 6.07. The maximum Gasteiger partial charge on any atom is 0.0940 e. The molecule has 0 bridgehead atoms. The summed E-state index contributed by atoms with van der Waals surface area (Å²) in [6, 6.07) is 0.608. The highest BCUT2D eigenvalue weighted by atomic mass is 32.1. The lowest BCUT2D eigenvalue weighted by molar-refractivity contribution is 0.425. The van der Waals surface area contributed by atoms with Gasteiger partial charge in [-0.25, -0.2) is 4.98 Å². The minimum Gasteiger partial charge on any atom is -0.316 e. The van der Waals surface area contributed by atoms with Crippen LogP contribution in [0.2, 0.25) is 0 Å². The molecule has 0 aliphatic heterocycles. The molecule has 1 N–H and O–H groups in total. The maximum atomic E-state index is 4.34. The molecule has 1 aromatic rings. The van der Waals surface area contributed by atoms with Crippen molar-refractivity contribution in [3.05, 3.63) is 16.6 Å². The van der Waals surface area contributed by atoms with Gasteiger partial charge < -0.3 is 5.32 Å². The Morgan fingerprint density at radius 2 is 2.43 bits per heavy atom. The molecule has 3 heteroatoms. The molecule has 1 aliphatic rings. The maximum absolute atomic E-state index is 4.34. The molecule has 0 amide bonds. The predicted molar refractivity (Wildman–Crippen MR) is 60.6 cm³/mol. The van der Waals surface area contributed by atoms with E-state index in [0.29, 0.717) is 11.5 Å². The van der Waals surface area contributed by atoms with E-state index in [-0.39, 0.29) is 0 Å². The van der Waals surface area contributed by atoms with Crippen molar-refractivity contribution in [3.63, 3.8) is 0 Å². The van der Waals surface area contributed by atoms with Crippen molar-refractivity contribution in [1.29, 1.82) is 0 Å². The molecule has 0 radical (unpaired) electrons. The minimum absolute atomic E-state index is 0.547. The molecule has 0 saturated heterocycles. The molecule has 0 spiro atoms. The second-order valence-corrected chi connectivity index (χ2v) is 5.80. The number of nitrogens with one attached hydrogen (secondary N) is 1. The average molecular weight is 210 g/mol. The van der Waals surface area contributed by atoms with E-state index in [9.17, 15) is 0 Å². The van der Waals surface area contributed by atoms with Gasteiger partial charge in [-0.05, 0) is 24.8 Å². The third kappa shape index (κ3) is 1.98. The molecule has 1 fully saturated rings. The second kappa shape index (κ2) is 3.63. The van der Waals surface area contributed by atoms with Gasteiger partial charge in [0, 0.05) is 24.0 Å². The molecule has 1 heterocycles. The number of hydrogen-bond acceptors (Lipinski definition) is 3. The van der Waals surface area contributed by atoms with Crippen LogP contribution in [0.25, 0.3) is 0 Å². The third-order valence-electron chi connectivity index (χ3n) is 3.32. The van der Waals surface area contributed by atoms with Gasteiger partial charge in [0.2, 0.25) is 0 Å². The molecule has 1 aliphatic carbocycles. The van der Waals surface area contributed by atoms with E-state index in [1.54, 1.807) is 11.3 Å². The van der Waals surface area contributed by atoms with E-state index in [1.165, 1.54) is 11.4 Å². The Balaban J connectivity index is 1.95. The number of likely N-dealkylation sites (N-methyl/N-ethyl adjacent to an activating group) is 1. The summed E-state index contributed by atoms with van der Waals surface area (Å²) >= 11 is 1.76. The van der Waals surface area contributed by atoms with E-state index in [2.05, 4.69) is 36.6 Å². The fourth-order valence-corrected chi connectivity index (χ4v) is 2.86. The van der Waals surface area contributed by atoms with Crippen LogP contribution in [0.4, 0.5) is 0 Å². The summed E-state index contributed by atoms with van der Waals surface area (Å²) in [5.74, 6) is 0.830. The standard InChI is InChI=1S/C11H18N2S/c1-11(2)7-8(11)9(12-3)6-10-13-4-5-14-10/h4-5,8-9,12H,6-7H2,1-3H3. The number of aromatic nitrogens is 1. The quantitative estimate of drug-likeness (QED) is 0.825. The smallest absolute Gasteiger partial charge is 0.0940 e. The van der Waals surface area contributed by atoms with Gasteiger partial charge >= 0.3 is 0 Å². The summed E-state index contributed by atoms with van der Waals surface area (Å²) in [4.78, 5) is 4.34. The van der Waals surface area contributed by atoms with Crippen molar-refractivity contribution in [3.8, 4) is 0 Å². The van der Waals surface area contributed by atoms with Crippen LogP contribution in [0.1, 0.15) is 25.3 Å². The summed E-state index contributed by atoms with van der Waals surface area (Å²) in [5, 5.41) is 6.74. The van der Waals surface area contributed by atoms with Crippen LogP contribution in [-0.4, -0.2) is 18.1 Å². The van der Waals surface area contributed by atoms with Crippen molar-refractivity contribution in [2.45, 2.75) is 32.7 Å². The van der Waals surface area contributed by atoms with E-state index in [1.807, 2.05) is 6.20 Å². The van der Waals surface area contributed by atoms with Gasteiger partial charge in [-0.2, -0.15) is 0 Å². The Hall–Kier alpha value is -0.410. The Bertz CT molecular complexity index is 292. The van der Waals surface area contributed by atoms with E-state index in [0.717, 1.165) is 12.3 Å². The first kappa shape index (κ1) is 10.1. The normalized spacial score (nSPS) is 26.1. The second-order valence-electron chi connectivity index (χ2n) is 4.82. The van der Waals surface area contributed by atoms with Crippen molar-refractivity contribution in [1.82, 2.24) is 10.3 Å². The fraction of sp³-hybridized carbons (Fsp3) is 0.727. The van der Waals surface area contributed by atoms with Gasteiger partial charge in [0.05, 0.1) is 5.01 Å². The first-order valence-electron chi connectivity index (χ1n) is 5.19. The Kier molecular flexibility index (Phi) is 2.62. The summed E-state index contributed by atoms with van der Waals surface area (Å²) in [6.45, 7) is 4.70. The molecule has 2 nitrogen and oxygen atoms in total. The lowest BCUT2D eigenvalue weighted by Crippen LogP contribution is -2.31. The average Bonchev–Trinajstić information content (AvgIpc) is 2.62. The molecule has 2 rings (SSSR count). The van der Waals surface area contributed by atoms with Crippen LogP contribution in [0.5, 0.6) is 0 Å². The molecule has 1 aromatic heterocycles. The zero-order valence-corrected chi connectivity index (χ0v) is 9.90. The SMILES string of the molecule is CNC(Cc1nccs1)C1CC1(C)C.